The predicted octanol–water partition coefficient (Wildman–Crippen LogP) is 3.64. The summed E-state index contributed by atoms with van der Waals surface area (Å²) in [6, 6.07) is 13.1. The smallest absolute Gasteiger partial charge is 0.262 e. The van der Waals surface area contributed by atoms with Gasteiger partial charge in [-0.05, 0) is 60.9 Å². The lowest BCUT2D eigenvalue weighted by atomic mass is 10.0. The first-order valence-corrected chi connectivity index (χ1v) is 9.40. The Morgan fingerprint density at radius 2 is 1.89 bits per heavy atom. The van der Waals surface area contributed by atoms with E-state index in [0.29, 0.717) is 17.2 Å². The van der Waals surface area contributed by atoms with Crippen LogP contribution < -0.4 is 15.5 Å². The maximum Gasteiger partial charge on any atom is 0.262 e. The molecule has 0 spiro atoms. The molecule has 1 atom stereocenters. The van der Waals surface area contributed by atoms with E-state index in [1.165, 1.54) is 6.21 Å². The first-order valence-electron chi connectivity index (χ1n) is 9.03. The molecule has 2 rings (SSSR count). The van der Waals surface area contributed by atoms with Crippen molar-refractivity contribution in [3.05, 3.63) is 64.7 Å². The SMILES string of the molecule is CCOc1ccc(/C=N/NC(=O)C(NC(=O)c2cccc(Cl)c2)C(C)C)cc1. The lowest BCUT2D eigenvalue weighted by molar-refractivity contribution is -0.123. The Hall–Kier alpha value is -2.86. The quantitative estimate of drug-likeness (QED) is 0.523. The fourth-order valence-electron chi connectivity index (χ4n) is 2.45. The van der Waals surface area contributed by atoms with Crippen LogP contribution in [0.1, 0.15) is 36.7 Å². The van der Waals surface area contributed by atoms with Crippen molar-refractivity contribution in [3.63, 3.8) is 0 Å². The molecular weight excluding hydrogens is 378 g/mol. The van der Waals surface area contributed by atoms with Gasteiger partial charge < -0.3 is 10.1 Å². The van der Waals surface area contributed by atoms with Crippen LogP contribution in [0, 0.1) is 5.92 Å². The van der Waals surface area contributed by atoms with Crippen LogP contribution in [0.4, 0.5) is 0 Å². The van der Waals surface area contributed by atoms with Crippen LogP contribution in [0.3, 0.4) is 0 Å². The van der Waals surface area contributed by atoms with Gasteiger partial charge in [0.1, 0.15) is 11.8 Å². The highest BCUT2D eigenvalue weighted by molar-refractivity contribution is 6.31. The first kappa shape index (κ1) is 21.4. The van der Waals surface area contributed by atoms with Crippen LogP contribution in [0.5, 0.6) is 5.75 Å². The third-order valence-electron chi connectivity index (χ3n) is 3.90. The van der Waals surface area contributed by atoms with Crippen LogP contribution in [0.2, 0.25) is 5.02 Å². The molecule has 0 saturated heterocycles. The van der Waals surface area contributed by atoms with Crippen molar-refractivity contribution in [1.29, 1.82) is 0 Å². The van der Waals surface area contributed by atoms with E-state index >= 15 is 0 Å². The summed E-state index contributed by atoms with van der Waals surface area (Å²) >= 11 is 5.92. The average Bonchev–Trinajstić information content (AvgIpc) is 2.67. The Morgan fingerprint density at radius 1 is 1.18 bits per heavy atom. The molecule has 0 radical (unpaired) electrons. The zero-order chi connectivity index (χ0) is 20.5. The number of rotatable bonds is 8. The molecule has 6 nitrogen and oxygen atoms in total. The van der Waals surface area contributed by atoms with Crippen molar-refractivity contribution in [1.82, 2.24) is 10.7 Å². The second-order valence-corrected chi connectivity index (χ2v) is 6.88. The average molecular weight is 402 g/mol. The molecule has 0 aliphatic heterocycles. The van der Waals surface area contributed by atoms with Crippen molar-refractivity contribution >= 4 is 29.6 Å². The van der Waals surface area contributed by atoms with E-state index in [2.05, 4.69) is 15.8 Å². The molecule has 0 bridgehead atoms. The van der Waals surface area contributed by atoms with Gasteiger partial charge in [0, 0.05) is 10.6 Å². The highest BCUT2D eigenvalue weighted by Crippen LogP contribution is 2.12. The van der Waals surface area contributed by atoms with Gasteiger partial charge in [0.15, 0.2) is 0 Å². The van der Waals surface area contributed by atoms with E-state index in [4.69, 9.17) is 16.3 Å². The zero-order valence-electron chi connectivity index (χ0n) is 16.1. The molecular formula is C21H24ClN3O3. The maximum atomic E-state index is 12.5. The Labute approximate surface area is 169 Å². The van der Waals surface area contributed by atoms with Crippen LogP contribution in [-0.2, 0) is 4.79 Å². The number of hydrazone groups is 1. The molecule has 148 valence electrons. The van der Waals surface area contributed by atoms with Gasteiger partial charge in [-0.25, -0.2) is 5.43 Å². The summed E-state index contributed by atoms with van der Waals surface area (Å²) in [5, 5.41) is 7.16. The van der Waals surface area contributed by atoms with Gasteiger partial charge in [-0.1, -0.05) is 31.5 Å². The topological polar surface area (TPSA) is 79.8 Å². The fourth-order valence-corrected chi connectivity index (χ4v) is 2.64. The zero-order valence-corrected chi connectivity index (χ0v) is 16.9. The van der Waals surface area contributed by atoms with Gasteiger partial charge in [-0.3, -0.25) is 9.59 Å². The Kier molecular flexibility index (Phi) is 8.02. The minimum Gasteiger partial charge on any atom is -0.494 e. The summed E-state index contributed by atoms with van der Waals surface area (Å²) in [6.07, 6.45) is 1.53. The Bertz CT molecular complexity index is 835. The largest absolute Gasteiger partial charge is 0.494 e. The highest BCUT2D eigenvalue weighted by Gasteiger charge is 2.24. The van der Waals surface area contributed by atoms with Crippen molar-refractivity contribution in [2.45, 2.75) is 26.8 Å². The highest BCUT2D eigenvalue weighted by atomic mass is 35.5. The number of halogens is 1. The van der Waals surface area contributed by atoms with Gasteiger partial charge in [0.05, 0.1) is 12.8 Å². The lowest BCUT2D eigenvalue weighted by Gasteiger charge is -2.20. The second-order valence-electron chi connectivity index (χ2n) is 6.44. The van der Waals surface area contributed by atoms with E-state index in [-0.39, 0.29) is 11.8 Å². The maximum absolute atomic E-state index is 12.5. The van der Waals surface area contributed by atoms with Crippen molar-refractivity contribution in [3.8, 4) is 5.75 Å². The fraction of sp³-hybridized carbons (Fsp3) is 0.286. The van der Waals surface area contributed by atoms with Crippen molar-refractivity contribution in [2.24, 2.45) is 11.0 Å². The van der Waals surface area contributed by atoms with E-state index in [0.717, 1.165) is 11.3 Å². The molecule has 1 unspecified atom stereocenters. The first-order chi connectivity index (χ1) is 13.4. The number of ether oxygens (including phenoxy) is 1. The summed E-state index contributed by atoms with van der Waals surface area (Å²) in [7, 11) is 0. The van der Waals surface area contributed by atoms with E-state index in [1.54, 1.807) is 24.3 Å². The number of nitrogens with one attached hydrogen (secondary N) is 2. The third-order valence-corrected chi connectivity index (χ3v) is 4.14. The van der Waals surface area contributed by atoms with Gasteiger partial charge in [-0.15, -0.1) is 0 Å². The molecule has 0 fully saturated rings. The minimum absolute atomic E-state index is 0.121. The lowest BCUT2D eigenvalue weighted by Crippen LogP contribution is -2.48. The minimum atomic E-state index is -0.732. The molecule has 0 aliphatic carbocycles. The van der Waals surface area contributed by atoms with Crippen LogP contribution in [-0.4, -0.2) is 30.7 Å². The van der Waals surface area contributed by atoms with Gasteiger partial charge in [-0.2, -0.15) is 5.10 Å². The number of nitrogens with zero attached hydrogens (tertiary/aromatic N) is 1. The molecule has 0 aliphatic rings. The summed E-state index contributed by atoms with van der Waals surface area (Å²) in [5.74, 6) is -0.115. The molecule has 0 saturated carbocycles. The normalized spacial score (nSPS) is 12.0. The van der Waals surface area contributed by atoms with E-state index < -0.39 is 11.9 Å². The summed E-state index contributed by atoms with van der Waals surface area (Å²) in [6.45, 7) is 6.21. The second kappa shape index (κ2) is 10.5. The number of hydrogen-bond donors (Lipinski definition) is 2. The molecule has 0 heterocycles. The Morgan fingerprint density at radius 3 is 2.50 bits per heavy atom. The summed E-state index contributed by atoms with van der Waals surface area (Å²) in [4.78, 5) is 24.9. The number of carbonyl (C=O) groups excluding carboxylic acids is 2. The molecule has 7 heteroatoms. The molecule has 2 amide bonds. The monoisotopic (exact) mass is 401 g/mol. The van der Waals surface area contributed by atoms with Gasteiger partial charge in [0.25, 0.3) is 11.8 Å². The van der Waals surface area contributed by atoms with E-state index in [9.17, 15) is 9.59 Å². The van der Waals surface area contributed by atoms with Gasteiger partial charge in [0.2, 0.25) is 0 Å². The number of amides is 2. The van der Waals surface area contributed by atoms with Gasteiger partial charge >= 0.3 is 0 Å². The van der Waals surface area contributed by atoms with Crippen LogP contribution in [0.15, 0.2) is 53.6 Å². The molecule has 28 heavy (non-hydrogen) atoms. The van der Waals surface area contributed by atoms with Crippen LogP contribution in [0.25, 0.3) is 0 Å². The number of benzene rings is 2. The standard InChI is InChI=1S/C21H24ClN3O3/c1-4-28-18-10-8-15(9-11-18)13-23-25-21(27)19(14(2)3)24-20(26)16-6-5-7-17(22)12-16/h5-14,19H,4H2,1-3H3,(H,24,26)(H,25,27)/b23-13+. The van der Waals surface area contributed by atoms with E-state index in [1.807, 2.05) is 45.0 Å². The Balaban J connectivity index is 1.97. The molecule has 2 N–H and O–H groups in total. The van der Waals surface area contributed by atoms with Crippen molar-refractivity contribution < 1.29 is 14.3 Å². The third kappa shape index (κ3) is 6.39. The predicted molar refractivity (Wildman–Crippen MR) is 111 cm³/mol. The number of carbonyl (C=O) groups is 2. The molecule has 0 aromatic heterocycles. The van der Waals surface area contributed by atoms with Crippen molar-refractivity contribution in [2.75, 3.05) is 6.61 Å². The van der Waals surface area contributed by atoms with Crippen LogP contribution >= 0.6 is 11.6 Å². The molecule has 2 aromatic rings. The molecule has 2 aromatic carbocycles. The summed E-state index contributed by atoms with van der Waals surface area (Å²) < 4.78 is 5.38. The summed E-state index contributed by atoms with van der Waals surface area (Å²) in [5.41, 5.74) is 3.68. The number of hydrogen-bond acceptors (Lipinski definition) is 4.